The summed E-state index contributed by atoms with van der Waals surface area (Å²) in [6.45, 7) is 7.68. The summed E-state index contributed by atoms with van der Waals surface area (Å²) in [6.07, 6.45) is 6.57. The summed E-state index contributed by atoms with van der Waals surface area (Å²) in [6, 6.07) is 0. The lowest BCUT2D eigenvalue weighted by Gasteiger charge is -1.94. The third-order valence-electron chi connectivity index (χ3n) is 1.58. The van der Waals surface area contributed by atoms with Gasteiger partial charge in [0, 0.05) is 5.57 Å². The molecule has 0 heterocycles. The van der Waals surface area contributed by atoms with Crippen molar-refractivity contribution in [2.75, 3.05) is 0 Å². The lowest BCUT2D eigenvalue weighted by Crippen LogP contribution is -1.79. The monoisotopic (exact) mass is 164 g/mol. The van der Waals surface area contributed by atoms with Crippen molar-refractivity contribution in [3.05, 3.63) is 29.9 Å². The van der Waals surface area contributed by atoms with E-state index in [-0.39, 0.29) is 0 Å². The van der Waals surface area contributed by atoms with Crippen LogP contribution in [-0.4, -0.2) is 5.94 Å². The predicted octanol–water partition coefficient (Wildman–Crippen LogP) is 3.07. The Labute approximate surface area is 74.5 Å². The quantitative estimate of drug-likeness (QED) is 0.264. The largest absolute Gasteiger partial charge is 0.233 e. The van der Waals surface area contributed by atoms with Gasteiger partial charge in [-0.2, -0.15) is 0 Å². The number of rotatable bonds is 5. The van der Waals surface area contributed by atoms with Crippen LogP contribution in [0, 0.1) is 0 Å². The second kappa shape index (κ2) is 6.63. The van der Waals surface area contributed by atoms with Gasteiger partial charge < -0.3 is 0 Å². The fourth-order valence-electron chi connectivity index (χ4n) is 0.878. The SMILES string of the molecule is C=CC(=C=O)CCCC=C(C)C. The summed E-state index contributed by atoms with van der Waals surface area (Å²) in [5, 5.41) is 0. The molecule has 1 heteroatoms. The molecule has 0 aromatic rings. The van der Waals surface area contributed by atoms with E-state index >= 15 is 0 Å². The van der Waals surface area contributed by atoms with Gasteiger partial charge in [0.2, 0.25) is 0 Å². The molecule has 0 saturated carbocycles. The molecule has 1 nitrogen and oxygen atoms in total. The standard InChI is InChI=1S/C11H16O/c1-4-11(9-12)8-6-5-7-10(2)3/h4,7H,1,5-6,8H2,2-3H3. The number of unbranched alkanes of at least 4 members (excludes halogenated alkanes) is 1. The van der Waals surface area contributed by atoms with E-state index in [0.717, 1.165) is 19.3 Å². The molecule has 0 aromatic heterocycles. The van der Waals surface area contributed by atoms with E-state index in [2.05, 4.69) is 26.5 Å². The average molecular weight is 164 g/mol. The first kappa shape index (κ1) is 10.9. The molecule has 0 spiro atoms. The van der Waals surface area contributed by atoms with Crippen molar-refractivity contribution in [3.63, 3.8) is 0 Å². The number of carbonyl (C=O) groups excluding carboxylic acids is 1. The third kappa shape index (κ3) is 5.70. The molecular formula is C11H16O. The maximum atomic E-state index is 10.2. The van der Waals surface area contributed by atoms with E-state index < -0.39 is 0 Å². The summed E-state index contributed by atoms with van der Waals surface area (Å²) >= 11 is 0. The van der Waals surface area contributed by atoms with Crippen LogP contribution in [0.15, 0.2) is 29.9 Å². The Morgan fingerprint density at radius 2 is 2.17 bits per heavy atom. The zero-order valence-corrected chi connectivity index (χ0v) is 7.89. The van der Waals surface area contributed by atoms with Crippen LogP contribution in [-0.2, 0) is 4.79 Å². The maximum absolute atomic E-state index is 10.2. The predicted molar refractivity (Wildman–Crippen MR) is 52.7 cm³/mol. The first-order chi connectivity index (χ1) is 5.70. The minimum atomic E-state index is 0.678. The Bertz CT molecular complexity index is 213. The van der Waals surface area contributed by atoms with E-state index in [1.165, 1.54) is 5.57 Å². The molecule has 0 saturated heterocycles. The summed E-state index contributed by atoms with van der Waals surface area (Å²) < 4.78 is 0. The highest BCUT2D eigenvalue weighted by molar-refractivity contribution is 5.56. The maximum Gasteiger partial charge on any atom is 0.127 e. The first-order valence-corrected chi connectivity index (χ1v) is 4.20. The molecule has 0 rings (SSSR count). The van der Waals surface area contributed by atoms with Gasteiger partial charge >= 0.3 is 0 Å². The molecule has 0 aliphatic carbocycles. The van der Waals surface area contributed by atoms with Crippen molar-refractivity contribution in [1.82, 2.24) is 0 Å². The Balaban J connectivity index is 3.63. The van der Waals surface area contributed by atoms with Crippen molar-refractivity contribution in [2.24, 2.45) is 0 Å². The molecule has 0 aromatic carbocycles. The molecule has 0 unspecified atom stereocenters. The van der Waals surface area contributed by atoms with E-state index in [4.69, 9.17) is 0 Å². The zero-order valence-electron chi connectivity index (χ0n) is 7.89. The topological polar surface area (TPSA) is 17.1 Å². The number of hydrogen-bond acceptors (Lipinski definition) is 1. The molecule has 0 aliphatic heterocycles. The first-order valence-electron chi connectivity index (χ1n) is 4.20. The van der Waals surface area contributed by atoms with Crippen LogP contribution in [0.2, 0.25) is 0 Å². The number of hydrogen-bond donors (Lipinski definition) is 0. The second-order valence-corrected chi connectivity index (χ2v) is 3.01. The minimum absolute atomic E-state index is 0.678. The molecule has 0 amide bonds. The fraction of sp³-hybridized carbons (Fsp3) is 0.455. The Hall–Kier alpha value is -1.07. The lowest BCUT2D eigenvalue weighted by molar-refractivity contribution is 0.566. The highest BCUT2D eigenvalue weighted by Crippen LogP contribution is 2.06. The van der Waals surface area contributed by atoms with Crippen LogP contribution in [0.25, 0.3) is 0 Å². The molecule has 0 bridgehead atoms. The number of allylic oxidation sites excluding steroid dienone is 4. The van der Waals surface area contributed by atoms with Gasteiger partial charge in [-0.1, -0.05) is 24.3 Å². The van der Waals surface area contributed by atoms with Crippen LogP contribution in [0.1, 0.15) is 33.1 Å². The van der Waals surface area contributed by atoms with Crippen molar-refractivity contribution in [2.45, 2.75) is 33.1 Å². The zero-order chi connectivity index (χ0) is 9.40. The van der Waals surface area contributed by atoms with Crippen molar-refractivity contribution < 1.29 is 4.79 Å². The summed E-state index contributed by atoms with van der Waals surface area (Å²) in [4.78, 5) is 10.2. The van der Waals surface area contributed by atoms with Crippen molar-refractivity contribution in [1.29, 1.82) is 0 Å². The minimum Gasteiger partial charge on any atom is -0.233 e. The van der Waals surface area contributed by atoms with Crippen molar-refractivity contribution >= 4 is 5.94 Å². The smallest absolute Gasteiger partial charge is 0.127 e. The lowest BCUT2D eigenvalue weighted by atomic mass is 10.1. The van der Waals surface area contributed by atoms with Crippen LogP contribution in [0.4, 0.5) is 0 Å². The van der Waals surface area contributed by atoms with E-state index in [0.29, 0.717) is 5.57 Å². The fourth-order valence-corrected chi connectivity index (χ4v) is 0.878. The van der Waals surface area contributed by atoms with Crippen LogP contribution in [0.5, 0.6) is 0 Å². The molecular weight excluding hydrogens is 148 g/mol. The van der Waals surface area contributed by atoms with Gasteiger partial charge in [-0.15, -0.1) is 0 Å². The van der Waals surface area contributed by atoms with Gasteiger partial charge in [0.05, 0.1) is 0 Å². The van der Waals surface area contributed by atoms with Gasteiger partial charge in [-0.05, 0) is 33.1 Å². The molecule has 12 heavy (non-hydrogen) atoms. The highest BCUT2D eigenvalue weighted by atomic mass is 16.1. The van der Waals surface area contributed by atoms with E-state index in [1.54, 1.807) is 6.08 Å². The molecule has 0 aliphatic rings. The van der Waals surface area contributed by atoms with Crippen molar-refractivity contribution in [3.8, 4) is 0 Å². The van der Waals surface area contributed by atoms with Gasteiger partial charge in [-0.25, -0.2) is 4.79 Å². The van der Waals surface area contributed by atoms with Gasteiger partial charge in [0.25, 0.3) is 0 Å². The van der Waals surface area contributed by atoms with Gasteiger partial charge in [0.15, 0.2) is 0 Å². The summed E-state index contributed by atoms with van der Waals surface area (Å²) in [5.41, 5.74) is 2.00. The molecule has 66 valence electrons. The molecule has 0 radical (unpaired) electrons. The van der Waals surface area contributed by atoms with E-state index in [9.17, 15) is 4.79 Å². The Kier molecular flexibility index (Phi) is 6.04. The average Bonchev–Trinajstić information content (AvgIpc) is 2.04. The molecule has 0 fully saturated rings. The van der Waals surface area contributed by atoms with Crippen LogP contribution < -0.4 is 0 Å². The van der Waals surface area contributed by atoms with Gasteiger partial charge in [-0.3, -0.25) is 0 Å². The van der Waals surface area contributed by atoms with Gasteiger partial charge in [0.1, 0.15) is 5.94 Å². The Morgan fingerprint density at radius 3 is 2.58 bits per heavy atom. The third-order valence-corrected chi connectivity index (χ3v) is 1.58. The van der Waals surface area contributed by atoms with Crippen LogP contribution >= 0.6 is 0 Å². The second-order valence-electron chi connectivity index (χ2n) is 3.01. The normalized spacial score (nSPS) is 8.50. The summed E-state index contributed by atoms with van der Waals surface area (Å²) in [7, 11) is 0. The Morgan fingerprint density at radius 1 is 1.50 bits per heavy atom. The van der Waals surface area contributed by atoms with Crippen LogP contribution in [0.3, 0.4) is 0 Å². The van der Waals surface area contributed by atoms with E-state index in [1.807, 2.05) is 5.94 Å². The molecule has 0 atom stereocenters. The highest BCUT2D eigenvalue weighted by Gasteiger charge is 1.91. The summed E-state index contributed by atoms with van der Waals surface area (Å²) in [5.74, 6) is 1.87. The molecule has 0 N–H and O–H groups in total.